The molecule has 0 aliphatic rings. The molecule has 1 amide bonds. The molecule has 0 spiro atoms. The maximum Gasteiger partial charge on any atom is 0.315 e. The van der Waals surface area contributed by atoms with E-state index in [4.69, 9.17) is 5.73 Å². The maximum atomic E-state index is 14.6. The van der Waals surface area contributed by atoms with Gasteiger partial charge < -0.3 is 30.0 Å². The molecule has 0 radical (unpaired) electrons. The number of pyridine rings is 2. The van der Waals surface area contributed by atoms with Gasteiger partial charge in [0.25, 0.3) is 5.91 Å². The Balaban J connectivity index is 0.000000201. The number of carbonyl (C=O) groups excluding carboxylic acids is 1. The van der Waals surface area contributed by atoms with Crippen LogP contribution in [0.1, 0.15) is 36.1 Å². The van der Waals surface area contributed by atoms with Crippen LogP contribution in [0.3, 0.4) is 0 Å². The van der Waals surface area contributed by atoms with Gasteiger partial charge in [-0.3, -0.25) is 4.79 Å². The normalized spacial score (nSPS) is 11.2. The van der Waals surface area contributed by atoms with Crippen LogP contribution in [-0.2, 0) is 44.8 Å². The van der Waals surface area contributed by atoms with Crippen LogP contribution in [0, 0.1) is 11.6 Å². The number of nitrogens with two attached hydrogens (primary N) is 1. The second-order valence-corrected chi connectivity index (χ2v) is 12.0. The summed E-state index contributed by atoms with van der Waals surface area (Å²) >= 11 is 0. The Labute approximate surface area is 292 Å². The third-order valence-corrected chi connectivity index (χ3v) is 8.73. The van der Waals surface area contributed by atoms with Crippen LogP contribution in [-0.4, -0.2) is 55.5 Å². The number of aromatic nitrogens is 6. The quantitative estimate of drug-likeness (QED) is 0.161. The molecule has 6 aromatic rings. The van der Waals surface area contributed by atoms with Gasteiger partial charge in [0.15, 0.2) is 0 Å². The molecule has 2 aromatic carbocycles. The highest BCUT2D eigenvalue weighted by Gasteiger charge is 2.19. The molecule has 4 heterocycles. The minimum Gasteiger partial charge on any atom is -0.347 e. The number of imidazole rings is 2. The predicted octanol–water partition coefficient (Wildman–Crippen LogP) is 6.22. The first kappa shape index (κ1) is 36.7. The number of anilines is 4. The van der Waals surface area contributed by atoms with Crippen molar-refractivity contribution in [2.75, 3.05) is 23.9 Å². The smallest absolute Gasteiger partial charge is 0.315 e. The molecular weight excluding hydrogens is 664 g/mol. The van der Waals surface area contributed by atoms with E-state index in [1.54, 1.807) is 43.1 Å². The van der Waals surface area contributed by atoms with E-state index in [-0.39, 0.29) is 24.5 Å². The zero-order chi connectivity index (χ0) is 37.0. The summed E-state index contributed by atoms with van der Waals surface area (Å²) < 4.78 is 57.2. The molecular formula is C36H40F4N10O. The first-order valence-corrected chi connectivity index (χ1v) is 16.3. The molecule has 0 aliphatic carbocycles. The van der Waals surface area contributed by atoms with E-state index in [9.17, 15) is 22.4 Å². The maximum absolute atomic E-state index is 14.6. The van der Waals surface area contributed by atoms with Crippen molar-refractivity contribution in [3.63, 3.8) is 0 Å². The van der Waals surface area contributed by atoms with Gasteiger partial charge in [-0.1, -0.05) is 13.8 Å². The largest absolute Gasteiger partial charge is 0.347 e. The average Bonchev–Trinajstić information content (AvgIpc) is 3.70. The number of aryl methyl sites for hydroxylation is 4. The highest BCUT2D eigenvalue weighted by molar-refractivity contribution is 5.81. The van der Waals surface area contributed by atoms with Gasteiger partial charge in [-0.15, -0.1) is 0 Å². The lowest BCUT2D eigenvalue weighted by Gasteiger charge is -2.22. The molecule has 0 saturated carbocycles. The molecule has 0 fully saturated rings. The van der Waals surface area contributed by atoms with Crippen LogP contribution in [0.4, 0.5) is 40.6 Å². The van der Waals surface area contributed by atoms with Crippen LogP contribution in [0.5, 0.6) is 0 Å². The van der Waals surface area contributed by atoms with Crippen molar-refractivity contribution in [3.8, 4) is 0 Å². The van der Waals surface area contributed by atoms with Gasteiger partial charge in [0.05, 0.1) is 36.1 Å². The number of nitrogens with one attached hydrogen (secondary N) is 1. The van der Waals surface area contributed by atoms with Gasteiger partial charge >= 0.3 is 6.43 Å². The third kappa shape index (κ3) is 7.77. The van der Waals surface area contributed by atoms with Crippen molar-refractivity contribution in [2.24, 2.45) is 19.8 Å². The van der Waals surface area contributed by atoms with E-state index in [1.807, 2.05) is 72.5 Å². The molecule has 51 heavy (non-hydrogen) atoms. The van der Waals surface area contributed by atoms with E-state index in [1.165, 1.54) is 12.1 Å². The van der Waals surface area contributed by atoms with Gasteiger partial charge in [-0.25, -0.2) is 28.7 Å². The van der Waals surface area contributed by atoms with Gasteiger partial charge in [0.1, 0.15) is 34.3 Å². The molecule has 0 atom stereocenters. The molecule has 0 saturated heterocycles. The van der Waals surface area contributed by atoms with Gasteiger partial charge in [0.2, 0.25) is 0 Å². The summed E-state index contributed by atoms with van der Waals surface area (Å²) in [7, 11) is 7.47. The Hall–Kier alpha value is -5.57. The molecule has 4 aromatic heterocycles. The van der Waals surface area contributed by atoms with Crippen LogP contribution in [0.2, 0.25) is 0 Å². The van der Waals surface area contributed by atoms with E-state index < -0.39 is 18.1 Å². The number of hydrogen-bond acceptors (Lipinski definition) is 8. The summed E-state index contributed by atoms with van der Waals surface area (Å²) in [6.07, 6.45) is 5.07. The standard InChI is InChI=1S/C19H20F3N5O.C17H20FN5/c1-4-11-5-12(8-24-19(28)18(21)22)13(20)6-15(11)27(3)17-7-16-14(9-23-17)25-10-26(16)2;1-4-11-5-12(8-19)13(18)6-15(11)23(3)17-7-16-14(9-20-17)21-10-22(16)2/h5-7,9-10,18H,4,8H2,1-3H3,(H,24,28);5-7,9-10H,4,8,19H2,1-3H3. The summed E-state index contributed by atoms with van der Waals surface area (Å²) in [5.74, 6) is -0.935. The SMILES string of the molecule is CCc1cc(CN)c(F)cc1N(C)c1cc2c(cn1)ncn2C.CCc1cc(CNC(=O)C(F)F)c(F)cc1N(C)c1cc2c(cn1)ncn2C. The van der Waals surface area contributed by atoms with Crippen molar-refractivity contribution in [1.29, 1.82) is 0 Å². The Kier molecular flexibility index (Phi) is 11.2. The van der Waals surface area contributed by atoms with E-state index >= 15 is 0 Å². The number of fused-ring (bicyclic) bond motifs is 2. The Morgan fingerprint density at radius 1 is 0.745 bits per heavy atom. The third-order valence-electron chi connectivity index (χ3n) is 8.73. The molecule has 0 bridgehead atoms. The van der Waals surface area contributed by atoms with Crippen molar-refractivity contribution in [3.05, 3.63) is 95.3 Å². The topological polar surface area (TPSA) is 123 Å². The van der Waals surface area contributed by atoms with Gasteiger partial charge in [0, 0.05) is 75.9 Å². The Bertz CT molecular complexity index is 2180. The Morgan fingerprint density at radius 3 is 1.63 bits per heavy atom. The summed E-state index contributed by atoms with van der Waals surface area (Å²) in [4.78, 5) is 32.0. The first-order valence-electron chi connectivity index (χ1n) is 16.3. The predicted molar refractivity (Wildman–Crippen MR) is 190 cm³/mol. The number of benzene rings is 2. The highest BCUT2D eigenvalue weighted by Crippen LogP contribution is 2.32. The second kappa shape index (κ2) is 15.5. The highest BCUT2D eigenvalue weighted by atomic mass is 19.3. The summed E-state index contributed by atoms with van der Waals surface area (Å²) in [6, 6.07) is 10.1. The number of halogens is 4. The number of alkyl halides is 2. The number of amides is 1. The number of carbonyl (C=O) groups is 1. The summed E-state index contributed by atoms with van der Waals surface area (Å²) in [5.41, 5.74) is 13.0. The second-order valence-electron chi connectivity index (χ2n) is 12.0. The minimum absolute atomic E-state index is 0.151. The molecule has 0 unspecified atom stereocenters. The first-order chi connectivity index (χ1) is 24.4. The molecule has 0 aliphatic heterocycles. The lowest BCUT2D eigenvalue weighted by Crippen LogP contribution is -2.29. The van der Waals surface area contributed by atoms with Crippen LogP contribution in [0.25, 0.3) is 22.1 Å². The fraction of sp³-hybridized carbons (Fsp3) is 0.306. The van der Waals surface area contributed by atoms with Crippen molar-refractivity contribution in [2.45, 2.75) is 46.2 Å². The van der Waals surface area contributed by atoms with Crippen molar-refractivity contribution < 1.29 is 22.4 Å². The number of rotatable bonds is 10. The lowest BCUT2D eigenvalue weighted by molar-refractivity contribution is -0.131. The van der Waals surface area contributed by atoms with Crippen LogP contribution in [0.15, 0.2) is 61.4 Å². The monoisotopic (exact) mass is 704 g/mol. The van der Waals surface area contributed by atoms with Crippen molar-refractivity contribution in [1.82, 2.24) is 34.4 Å². The Morgan fingerprint density at radius 2 is 1.20 bits per heavy atom. The van der Waals surface area contributed by atoms with Crippen molar-refractivity contribution >= 4 is 51.0 Å². The summed E-state index contributed by atoms with van der Waals surface area (Å²) in [6.45, 7) is 3.85. The molecule has 11 nitrogen and oxygen atoms in total. The zero-order valence-electron chi connectivity index (χ0n) is 29.3. The van der Waals surface area contributed by atoms with Crippen LogP contribution >= 0.6 is 0 Å². The average molecular weight is 705 g/mol. The molecule has 6 rings (SSSR count). The van der Waals surface area contributed by atoms with Crippen LogP contribution < -0.4 is 20.9 Å². The van der Waals surface area contributed by atoms with Gasteiger partial charge in [-0.2, -0.15) is 8.78 Å². The molecule has 268 valence electrons. The number of hydrogen-bond donors (Lipinski definition) is 2. The molecule has 3 N–H and O–H groups in total. The number of nitrogens with zero attached hydrogens (tertiary/aromatic N) is 8. The fourth-order valence-electron chi connectivity index (χ4n) is 5.71. The van der Waals surface area contributed by atoms with E-state index in [0.29, 0.717) is 23.5 Å². The fourth-order valence-corrected chi connectivity index (χ4v) is 5.71. The van der Waals surface area contributed by atoms with E-state index in [0.717, 1.165) is 51.1 Å². The molecule has 15 heteroatoms. The minimum atomic E-state index is -3.13. The van der Waals surface area contributed by atoms with E-state index in [2.05, 4.69) is 19.9 Å². The zero-order valence-corrected chi connectivity index (χ0v) is 29.3. The van der Waals surface area contributed by atoms with Gasteiger partial charge in [-0.05, 0) is 48.2 Å². The summed E-state index contributed by atoms with van der Waals surface area (Å²) in [5, 5.41) is 2.03. The lowest BCUT2D eigenvalue weighted by atomic mass is 10.0.